The number of amides is 1. The molecule has 6 rings (SSSR count). The Morgan fingerprint density at radius 2 is 1.91 bits per heavy atom. The van der Waals surface area contributed by atoms with Crippen molar-refractivity contribution in [2.75, 3.05) is 60.4 Å². The van der Waals surface area contributed by atoms with E-state index in [1.807, 2.05) is 23.2 Å². The van der Waals surface area contributed by atoms with Crippen molar-refractivity contribution in [1.82, 2.24) is 19.9 Å². The quantitative estimate of drug-likeness (QED) is 0.351. The Balaban J connectivity index is 1.33. The number of aromatic nitrogens is 3. The lowest BCUT2D eigenvalue weighted by Gasteiger charge is -2.48. The van der Waals surface area contributed by atoms with Crippen LogP contribution < -0.4 is 15.1 Å². The molecular formula is C32H41N7O4S. The first-order chi connectivity index (χ1) is 21.1. The molecule has 2 aromatic heterocycles. The largest absolute Gasteiger partial charge is 0.381 e. The number of methoxy groups -OCH3 is 1. The minimum atomic E-state index is -3.06. The zero-order valence-corrected chi connectivity index (χ0v) is 26.5. The van der Waals surface area contributed by atoms with Gasteiger partial charge in [0.05, 0.1) is 17.9 Å². The Bertz CT molecular complexity index is 1660. The topological polar surface area (TPSA) is 121 Å². The van der Waals surface area contributed by atoms with E-state index < -0.39 is 9.84 Å². The van der Waals surface area contributed by atoms with E-state index in [-0.39, 0.29) is 35.8 Å². The summed E-state index contributed by atoms with van der Waals surface area (Å²) in [6.07, 6.45) is 10.3. The molecule has 5 heterocycles. The number of benzene rings is 1. The number of sulfone groups is 1. The number of nitrogens with zero attached hydrogens (tertiary/aromatic N) is 6. The Morgan fingerprint density at radius 3 is 2.61 bits per heavy atom. The summed E-state index contributed by atoms with van der Waals surface area (Å²) in [5.74, 6) is 2.16. The van der Waals surface area contributed by atoms with Crippen LogP contribution in [0.15, 0.2) is 49.3 Å². The van der Waals surface area contributed by atoms with E-state index in [2.05, 4.69) is 45.7 Å². The zero-order chi connectivity index (χ0) is 31.0. The number of pyridine rings is 1. The predicted molar refractivity (Wildman–Crippen MR) is 173 cm³/mol. The lowest BCUT2D eigenvalue weighted by atomic mass is 9.89. The van der Waals surface area contributed by atoms with Gasteiger partial charge in [0.1, 0.15) is 21.5 Å². The number of anilines is 4. The van der Waals surface area contributed by atoms with E-state index in [1.54, 1.807) is 13.3 Å². The molecule has 12 heteroatoms. The van der Waals surface area contributed by atoms with Gasteiger partial charge in [0, 0.05) is 75.0 Å². The molecule has 3 aromatic rings. The minimum absolute atomic E-state index is 0.0693. The number of likely N-dealkylation sites (tertiary alicyclic amines) is 1. The first kappa shape index (κ1) is 30.3. The van der Waals surface area contributed by atoms with Crippen molar-refractivity contribution in [3.63, 3.8) is 0 Å². The molecule has 3 atom stereocenters. The second-order valence-corrected chi connectivity index (χ2v) is 14.4. The summed E-state index contributed by atoms with van der Waals surface area (Å²) in [5.41, 5.74) is 2.08. The highest BCUT2D eigenvalue weighted by Crippen LogP contribution is 2.42. The maximum atomic E-state index is 12.8. The second-order valence-electron chi connectivity index (χ2n) is 12.2. The molecule has 1 aromatic carbocycles. The smallest absolute Gasteiger partial charge is 0.246 e. The third kappa shape index (κ3) is 6.10. The first-order valence-corrected chi connectivity index (χ1v) is 17.4. The van der Waals surface area contributed by atoms with E-state index in [9.17, 15) is 13.2 Å². The monoisotopic (exact) mass is 619 g/mol. The van der Waals surface area contributed by atoms with Crippen LogP contribution in [-0.2, 0) is 19.4 Å². The number of piperidine rings is 1. The molecular weight excluding hydrogens is 578 g/mol. The van der Waals surface area contributed by atoms with E-state index in [4.69, 9.17) is 14.7 Å². The summed E-state index contributed by atoms with van der Waals surface area (Å²) in [4.78, 5) is 33.2. The molecule has 1 N–H and O–H groups in total. The summed E-state index contributed by atoms with van der Waals surface area (Å²) in [7, 11) is -1.30. The number of carbonyl (C=O) groups is 1. The molecule has 0 saturated carbocycles. The van der Waals surface area contributed by atoms with Gasteiger partial charge in [-0.25, -0.2) is 18.4 Å². The van der Waals surface area contributed by atoms with Crippen molar-refractivity contribution in [2.24, 2.45) is 5.92 Å². The fraction of sp³-hybridized carbons (Fsp3) is 0.500. The van der Waals surface area contributed by atoms with E-state index in [1.165, 1.54) is 12.3 Å². The molecule has 44 heavy (non-hydrogen) atoms. The molecule has 3 fully saturated rings. The van der Waals surface area contributed by atoms with Gasteiger partial charge in [-0.1, -0.05) is 12.6 Å². The van der Waals surface area contributed by atoms with Gasteiger partial charge in [-0.2, -0.15) is 4.98 Å². The number of carbonyl (C=O) groups excluding carboxylic acids is 1. The third-order valence-electron chi connectivity index (χ3n) is 9.37. The highest BCUT2D eigenvalue weighted by Gasteiger charge is 2.39. The molecule has 234 valence electrons. The van der Waals surface area contributed by atoms with E-state index >= 15 is 0 Å². The van der Waals surface area contributed by atoms with Crippen LogP contribution in [0.5, 0.6) is 0 Å². The number of nitrogens with one attached hydrogen (secondary N) is 1. The number of rotatable bonds is 9. The van der Waals surface area contributed by atoms with Gasteiger partial charge in [0.2, 0.25) is 11.9 Å². The van der Waals surface area contributed by atoms with Crippen molar-refractivity contribution in [2.45, 2.75) is 50.8 Å². The SMILES string of the molecule is C=CC(=O)N1CCC[C@H]1c1ccc(N2C[C@H](CS(C)(=O)=O)[C@H]2C)c2cnc(Nc3ccnc(N4CCC(OC)CC4)n3)cc12. The fourth-order valence-electron chi connectivity index (χ4n) is 6.91. The molecule has 0 unspecified atom stereocenters. The van der Waals surface area contributed by atoms with Crippen LogP contribution in [0.3, 0.4) is 0 Å². The standard InChI is InChI=1S/C32H41N7O4S/c1-5-31(40)38-14-6-7-27(38)24-8-9-28(39-19-22(21(39)2)20-44(4,41)42)26-18-34-30(17-25(24)26)35-29-10-13-33-32(36-29)37-15-11-23(43-3)12-16-37/h5,8-10,13,17-18,21-23,27H,1,6-7,11-12,14-16,19-20H2,2-4H3,(H,33,34,35,36)/t21-,22-,27+/m1/s1. The average Bonchev–Trinajstić information content (AvgIpc) is 3.51. The van der Waals surface area contributed by atoms with Gasteiger partial charge in [0.25, 0.3) is 0 Å². The second kappa shape index (κ2) is 12.3. The lowest BCUT2D eigenvalue weighted by molar-refractivity contribution is -0.126. The Morgan fingerprint density at radius 1 is 1.11 bits per heavy atom. The fourth-order valence-corrected chi connectivity index (χ4v) is 8.07. The van der Waals surface area contributed by atoms with Crippen molar-refractivity contribution < 1.29 is 17.9 Å². The van der Waals surface area contributed by atoms with Crippen LogP contribution in [0.1, 0.15) is 44.2 Å². The van der Waals surface area contributed by atoms with E-state index in [0.29, 0.717) is 30.7 Å². The molecule has 3 saturated heterocycles. The zero-order valence-electron chi connectivity index (χ0n) is 25.6. The van der Waals surface area contributed by atoms with Gasteiger partial charge >= 0.3 is 0 Å². The van der Waals surface area contributed by atoms with Crippen LogP contribution in [0, 0.1) is 5.92 Å². The first-order valence-electron chi connectivity index (χ1n) is 15.3. The van der Waals surface area contributed by atoms with Crippen LogP contribution in [0.2, 0.25) is 0 Å². The molecule has 0 bridgehead atoms. The number of hydrogen-bond acceptors (Lipinski definition) is 10. The highest BCUT2D eigenvalue weighted by atomic mass is 32.2. The summed E-state index contributed by atoms with van der Waals surface area (Å²) < 4.78 is 29.4. The van der Waals surface area contributed by atoms with Crippen LogP contribution in [0.25, 0.3) is 10.8 Å². The van der Waals surface area contributed by atoms with Gasteiger partial charge in [-0.15, -0.1) is 0 Å². The van der Waals surface area contributed by atoms with Crippen LogP contribution in [-0.4, -0.2) is 91.6 Å². The van der Waals surface area contributed by atoms with Crippen molar-refractivity contribution in [3.05, 3.63) is 54.9 Å². The number of ether oxygens (including phenoxy) is 1. The normalized spacial score (nSPS) is 22.7. The van der Waals surface area contributed by atoms with Crippen LogP contribution in [0.4, 0.5) is 23.3 Å². The van der Waals surface area contributed by atoms with Gasteiger partial charge in [-0.05, 0) is 67.8 Å². The van der Waals surface area contributed by atoms with Gasteiger partial charge in [-0.3, -0.25) is 4.79 Å². The summed E-state index contributed by atoms with van der Waals surface area (Å²) in [6.45, 7) is 8.83. The molecule has 0 radical (unpaired) electrons. The Labute approximate surface area is 259 Å². The molecule has 11 nitrogen and oxygen atoms in total. The maximum Gasteiger partial charge on any atom is 0.246 e. The molecule has 3 aliphatic heterocycles. The Hall–Kier alpha value is -3.77. The Kier molecular flexibility index (Phi) is 8.47. The predicted octanol–water partition coefficient (Wildman–Crippen LogP) is 4.10. The minimum Gasteiger partial charge on any atom is -0.381 e. The third-order valence-corrected chi connectivity index (χ3v) is 10.4. The van der Waals surface area contributed by atoms with Crippen molar-refractivity contribution in [1.29, 1.82) is 0 Å². The number of hydrogen-bond donors (Lipinski definition) is 1. The summed E-state index contributed by atoms with van der Waals surface area (Å²) in [5, 5.41) is 5.36. The summed E-state index contributed by atoms with van der Waals surface area (Å²) >= 11 is 0. The van der Waals surface area contributed by atoms with E-state index in [0.717, 1.165) is 60.8 Å². The van der Waals surface area contributed by atoms with Gasteiger partial charge < -0.3 is 24.8 Å². The molecule has 0 spiro atoms. The highest BCUT2D eigenvalue weighted by molar-refractivity contribution is 7.90. The summed E-state index contributed by atoms with van der Waals surface area (Å²) in [6, 6.07) is 8.09. The van der Waals surface area contributed by atoms with Crippen molar-refractivity contribution >= 4 is 49.8 Å². The molecule has 0 aliphatic carbocycles. The molecule has 3 aliphatic rings. The van der Waals surface area contributed by atoms with Gasteiger partial charge in [0.15, 0.2) is 0 Å². The molecule has 1 amide bonds. The lowest BCUT2D eigenvalue weighted by Crippen LogP contribution is -2.57. The average molecular weight is 620 g/mol. The van der Waals surface area contributed by atoms with Crippen LogP contribution >= 0.6 is 0 Å². The van der Waals surface area contributed by atoms with Crippen molar-refractivity contribution in [3.8, 4) is 0 Å². The number of fused-ring (bicyclic) bond motifs is 1. The maximum absolute atomic E-state index is 12.8.